The highest BCUT2D eigenvalue weighted by Gasteiger charge is 2.23. The van der Waals surface area contributed by atoms with Gasteiger partial charge in [0.15, 0.2) is 0 Å². The first-order chi connectivity index (χ1) is 11.7. The van der Waals surface area contributed by atoms with Crippen LogP contribution in [0, 0.1) is 11.3 Å². The number of amides is 2. The zero-order chi connectivity index (χ0) is 16.9. The van der Waals surface area contributed by atoms with E-state index in [0.29, 0.717) is 19.5 Å². The number of nitrogens with zero attached hydrogens (tertiary/aromatic N) is 4. The molecule has 6 nitrogen and oxygen atoms in total. The summed E-state index contributed by atoms with van der Waals surface area (Å²) < 4.78 is 1.81. The Kier molecular flexibility index (Phi) is 4.80. The van der Waals surface area contributed by atoms with Gasteiger partial charge in [0.05, 0.1) is 18.7 Å². The second kappa shape index (κ2) is 7.18. The summed E-state index contributed by atoms with van der Waals surface area (Å²) in [5, 5.41) is 16.1. The lowest BCUT2D eigenvalue weighted by Gasteiger charge is -2.30. The van der Waals surface area contributed by atoms with E-state index in [0.717, 1.165) is 36.3 Å². The van der Waals surface area contributed by atoms with Gasteiger partial charge in [-0.05, 0) is 29.5 Å². The molecule has 0 aliphatic carbocycles. The SMILES string of the molecule is CCCn1nccc1NC(=O)N1CCc2c(CC#N)cccc2C1. The van der Waals surface area contributed by atoms with Crippen molar-refractivity contribution in [2.75, 3.05) is 11.9 Å². The van der Waals surface area contributed by atoms with Crippen LogP contribution >= 0.6 is 0 Å². The normalized spacial score (nSPS) is 13.2. The lowest BCUT2D eigenvalue weighted by molar-refractivity contribution is 0.206. The minimum Gasteiger partial charge on any atom is -0.320 e. The number of carbonyl (C=O) groups is 1. The number of hydrogen-bond donors (Lipinski definition) is 1. The molecule has 1 aliphatic heterocycles. The number of hydrogen-bond acceptors (Lipinski definition) is 3. The minimum atomic E-state index is -0.107. The maximum Gasteiger partial charge on any atom is 0.323 e. The monoisotopic (exact) mass is 323 g/mol. The van der Waals surface area contributed by atoms with Crippen LogP contribution in [-0.4, -0.2) is 27.3 Å². The molecule has 2 heterocycles. The van der Waals surface area contributed by atoms with Gasteiger partial charge in [0, 0.05) is 25.7 Å². The third-order valence-electron chi connectivity index (χ3n) is 4.31. The van der Waals surface area contributed by atoms with E-state index in [1.807, 2.05) is 29.2 Å². The molecule has 1 aliphatic rings. The summed E-state index contributed by atoms with van der Waals surface area (Å²) in [7, 11) is 0. The fourth-order valence-corrected chi connectivity index (χ4v) is 3.13. The van der Waals surface area contributed by atoms with Crippen LogP contribution in [0.4, 0.5) is 10.6 Å². The number of nitrogens with one attached hydrogen (secondary N) is 1. The van der Waals surface area contributed by atoms with E-state index in [1.165, 1.54) is 5.56 Å². The molecule has 0 radical (unpaired) electrons. The second-order valence-corrected chi connectivity index (χ2v) is 5.93. The zero-order valence-corrected chi connectivity index (χ0v) is 13.8. The Bertz CT molecular complexity index is 774. The first kappa shape index (κ1) is 16.1. The number of carbonyl (C=O) groups excluding carboxylic acids is 1. The first-order valence-corrected chi connectivity index (χ1v) is 8.27. The van der Waals surface area contributed by atoms with Crippen molar-refractivity contribution in [2.24, 2.45) is 0 Å². The van der Waals surface area contributed by atoms with E-state index < -0.39 is 0 Å². The average Bonchev–Trinajstić information content (AvgIpc) is 3.02. The molecule has 0 unspecified atom stereocenters. The summed E-state index contributed by atoms with van der Waals surface area (Å²) in [5.74, 6) is 0.728. The largest absolute Gasteiger partial charge is 0.323 e. The van der Waals surface area contributed by atoms with E-state index in [1.54, 1.807) is 10.9 Å². The summed E-state index contributed by atoms with van der Waals surface area (Å²) in [6.45, 7) is 4.09. The van der Waals surface area contributed by atoms with Gasteiger partial charge in [0.1, 0.15) is 5.82 Å². The average molecular weight is 323 g/mol. The van der Waals surface area contributed by atoms with Crippen LogP contribution in [0.3, 0.4) is 0 Å². The summed E-state index contributed by atoms with van der Waals surface area (Å²) in [4.78, 5) is 14.4. The topological polar surface area (TPSA) is 74.0 Å². The van der Waals surface area contributed by atoms with Crippen molar-refractivity contribution < 1.29 is 4.79 Å². The van der Waals surface area contributed by atoms with Gasteiger partial charge < -0.3 is 4.90 Å². The highest BCUT2D eigenvalue weighted by atomic mass is 16.2. The molecule has 3 rings (SSSR count). The third kappa shape index (κ3) is 3.25. The second-order valence-electron chi connectivity index (χ2n) is 5.93. The van der Waals surface area contributed by atoms with E-state index in [-0.39, 0.29) is 6.03 Å². The third-order valence-corrected chi connectivity index (χ3v) is 4.31. The molecule has 24 heavy (non-hydrogen) atoms. The number of rotatable bonds is 4. The maximum atomic E-state index is 12.6. The van der Waals surface area contributed by atoms with Gasteiger partial charge in [-0.15, -0.1) is 0 Å². The Morgan fingerprint density at radius 3 is 3.08 bits per heavy atom. The van der Waals surface area contributed by atoms with E-state index in [4.69, 9.17) is 5.26 Å². The Morgan fingerprint density at radius 2 is 2.29 bits per heavy atom. The molecule has 0 fully saturated rings. The highest BCUT2D eigenvalue weighted by molar-refractivity contribution is 5.88. The Hall–Kier alpha value is -2.81. The maximum absolute atomic E-state index is 12.6. The number of aromatic nitrogens is 2. The van der Waals surface area contributed by atoms with Crippen molar-refractivity contribution in [3.05, 3.63) is 47.2 Å². The molecule has 2 aromatic rings. The van der Waals surface area contributed by atoms with Crippen molar-refractivity contribution in [1.29, 1.82) is 5.26 Å². The summed E-state index contributed by atoms with van der Waals surface area (Å²) in [6.07, 6.45) is 3.87. The Morgan fingerprint density at radius 1 is 1.42 bits per heavy atom. The molecule has 2 amide bonds. The summed E-state index contributed by atoms with van der Waals surface area (Å²) in [6, 6.07) is 9.92. The van der Waals surface area contributed by atoms with E-state index in [2.05, 4.69) is 23.4 Å². The minimum absolute atomic E-state index is 0.107. The predicted molar refractivity (Wildman–Crippen MR) is 91.4 cm³/mol. The number of benzene rings is 1. The molecule has 0 saturated carbocycles. The molecular weight excluding hydrogens is 302 g/mol. The number of nitriles is 1. The van der Waals surface area contributed by atoms with Crippen LogP contribution in [0.1, 0.15) is 30.0 Å². The van der Waals surface area contributed by atoms with E-state index in [9.17, 15) is 4.79 Å². The number of aryl methyl sites for hydroxylation is 1. The molecule has 124 valence electrons. The smallest absolute Gasteiger partial charge is 0.320 e. The molecular formula is C18H21N5O. The lowest BCUT2D eigenvalue weighted by atomic mass is 9.93. The van der Waals surface area contributed by atoms with Crippen molar-refractivity contribution in [3.8, 4) is 6.07 Å². The number of anilines is 1. The molecule has 0 saturated heterocycles. The fourth-order valence-electron chi connectivity index (χ4n) is 3.13. The van der Waals surface area contributed by atoms with Gasteiger partial charge in [-0.3, -0.25) is 5.32 Å². The molecule has 6 heteroatoms. The standard InChI is InChI=1S/C18H21N5O/c1-2-11-23-17(7-10-20-23)21-18(24)22-12-8-16-14(6-9-19)4-3-5-15(16)13-22/h3-5,7,10H,2,6,8,11-13H2,1H3,(H,21,24). The number of fused-ring (bicyclic) bond motifs is 1. The summed E-state index contributed by atoms with van der Waals surface area (Å²) in [5.41, 5.74) is 3.43. The summed E-state index contributed by atoms with van der Waals surface area (Å²) >= 11 is 0. The number of urea groups is 1. The van der Waals surface area contributed by atoms with Crippen LogP contribution in [0.15, 0.2) is 30.5 Å². The molecule has 1 aromatic heterocycles. The van der Waals surface area contributed by atoms with Crippen LogP contribution in [-0.2, 0) is 25.9 Å². The molecule has 0 spiro atoms. The quantitative estimate of drug-likeness (QED) is 0.940. The van der Waals surface area contributed by atoms with Gasteiger partial charge in [-0.25, -0.2) is 9.48 Å². The molecule has 0 atom stereocenters. The predicted octanol–water partition coefficient (Wildman–Crippen LogP) is 2.95. The first-order valence-electron chi connectivity index (χ1n) is 8.27. The zero-order valence-electron chi connectivity index (χ0n) is 13.8. The molecule has 1 aromatic carbocycles. The van der Waals surface area contributed by atoms with Crippen LogP contribution in [0.25, 0.3) is 0 Å². The van der Waals surface area contributed by atoms with Gasteiger partial charge in [0.2, 0.25) is 0 Å². The van der Waals surface area contributed by atoms with Crippen LogP contribution in [0.2, 0.25) is 0 Å². The molecule has 0 bridgehead atoms. The van der Waals surface area contributed by atoms with Gasteiger partial charge in [-0.2, -0.15) is 10.4 Å². The van der Waals surface area contributed by atoms with Crippen molar-refractivity contribution in [2.45, 2.75) is 39.3 Å². The van der Waals surface area contributed by atoms with Gasteiger partial charge in [-0.1, -0.05) is 25.1 Å². The van der Waals surface area contributed by atoms with Crippen molar-refractivity contribution >= 4 is 11.8 Å². The van der Waals surface area contributed by atoms with Crippen LogP contribution in [0.5, 0.6) is 0 Å². The van der Waals surface area contributed by atoms with Crippen LogP contribution < -0.4 is 5.32 Å². The highest BCUT2D eigenvalue weighted by Crippen LogP contribution is 2.23. The van der Waals surface area contributed by atoms with E-state index >= 15 is 0 Å². The molecule has 1 N–H and O–H groups in total. The van der Waals surface area contributed by atoms with Crippen molar-refractivity contribution in [1.82, 2.24) is 14.7 Å². The Labute approximate surface area is 141 Å². The van der Waals surface area contributed by atoms with Gasteiger partial charge >= 0.3 is 6.03 Å². The fraction of sp³-hybridized carbons (Fsp3) is 0.389. The lowest BCUT2D eigenvalue weighted by Crippen LogP contribution is -2.39. The Balaban J connectivity index is 1.71. The van der Waals surface area contributed by atoms with Gasteiger partial charge in [0.25, 0.3) is 0 Å². The van der Waals surface area contributed by atoms with Crippen molar-refractivity contribution in [3.63, 3.8) is 0 Å².